The number of oxazole rings is 1. The summed E-state index contributed by atoms with van der Waals surface area (Å²) in [5, 5.41) is 0. The van der Waals surface area contributed by atoms with Gasteiger partial charge in [0.2, 0.25) is 5.91 Å². The van der Waals surface area contributed by atoms with E-state index in [1.54, 1.807) is 35.1 Å². The number of rotatable bonds is 6. The van der Waals surface area contributed by atoms with Crippen molar-refractivity contribution in [3.63, 3.8) is 0 Å². The molecule has 1 saturated heterocycles. The third-order valence-corrected chi connectivity index (χ3v) is 5.73. The number of halogens is 1. The molecule has 166 valence electrons. The summed E-state index contributed by atoms with van der Waals surface area (Å²) in [6.07, 6.45) is 3.36. The number of aryl methyl sites for hydroxylation is 2. The number of aromatic nitrogens is 1. The number of carbonyl (C=O) groups is 2. The van der Waals surface area contributed by atoms with E-state index in [9.17, 15) is 14.0 Å². The summed E-state index contributed by atoms with van der Waals surface area (Å²) in [6, 6.07) is 14.3. The number of hydrogen-bond donors (Lipinski definition) is 0. The van der Waals surface area contributed by atoms with Crippen molar-refractivity contribution >= 4 is 11.8 Å². The fourth-order valence-corrected chi connectivity index (χ4v) is 3.78. The van der Waals surface area contributed by atoms with Crippen LogP contribution in [0.3, 0.4) is 0 Å². The van der Waals surface area contributed by atoms with Crippen molar-refractivity contribution in [3.8, 4) is 11.3 Å². The lowest BCUT2D eigenvalue weighted by molar-refractivity contribution is -0.132. The highest BCUT2D eigenvalue weighted by Crippen LogP contribution is 2.21. The molecule has 1 fully saturated rings. The maximum Gasteiger partial charge on any atom is 0.254 e. The summed E-state index contributed by atoms with van der Waals surface area (Å²) in [6.45, 7) is 3.52. The molecule has 0 saturated carbocycles. The Balaban J connectivity index is 1.22. The summed E-state index contributed by atoms with van der Waals surface area (Å²) in [7, 11) is 0. The molecular weight excluding hydrogens is 409 g/mol. The van der Waals surface area contributed by atoms with Gasteiger partial charge in [0.25, 0.3) is 5.91 Å². The van der Waals surface area contributed by atoms with Crippen LogP contribution >= 0.6 is 0 Å². The van der Waals surface area contributed by atoms with Gasteiger partial charge in [-0.1, -0.05) is 36.4 Å². The van der Waals surface area contributed by atoms with E-state index < -0.39 is 0 Å². The molecule has 0 bridgehead atoms. The summed E-state index contributed by atoms with van der Waals surface area (Å²) in [4.78, 5) is 32.9. The molecule has 4 rings (SSSR count). The molecule has 0 unspecified atom stereocenters. The van der Waals surface area contributed by atoms with Gasteiger partial charge in [0.15, 0.2) is 11.7 Å². The number of piperazine rings is 1. The molecule has 2 heterocycles. The minimum absolute atomic E-state index is 0.0633. The quantitative estimate of drug-likeness (QED) is 0.585. The molecule has 1 aliphatic rings. The predicted octanol–water partition coefficient (Wildman–Crippen LogP) is 4.10. The fourth-order valence-electron chi connectivity index (χ4n) is 3.78. The van der Waals surface area contributed by atoms with Gasteiger partial charge < -0.3 is 14.2 Å². The lowest BCUT2D eigenvalue weighted by Crippen LogP contribution is -2.50. The predicted molar refractivity (Wildman–Crippen MR) is 118 cm³/mol. The lowest BCUT2D eigenvalue weighted by Gasteiger charge is -2.35. The van der Waals surface area contributed by atoms with Crippen molar-refractivity contribution in [1.82, 2.24) is 14.8 Å². The van der Waals surface area contributed by atoms with E-state index in [2.05, 4.69) is 4.98 Å². The second kappa shape index (κ2) is 9.77. The van der Waals surface area contributed by atoms with E-state index in [4.69, 9.17) is 4.42 Å². The van der Waals surface area contributed by atoms with Gasteiger partial charge in [0.1, 0.15) is 5.82 Å². The molecule has 0 N–H and O–H groups in total. The molecule has 0 aliphatic carbocycles. The number of nitrogens with zero attached hydrogens (tertiary/aromatic N) is 3. The van der Waals surface area contributed by atoms with E-state index in [0.29, 0.717) is 62.5 Å². The molecule has 32 heavy (non-hydrogen) atoms. The normalized spacial score (nSPS) is 13.9. The van der Waals surface area contributed by atoms with Crippen molar-refractivity contribution < 1.29 is 18.4 Å². The Labute approximate surface area is 186 Å². The Morgan fingerprint density at radius 2 is 1.75 bits per heavy atom. The smallest absolute Gasteiger partial charge is 0.254 e. The first-order valence-corrected chi connectivity index (χ1v) is 10.8. The third kappa shape index (κ3) is 5.04. The van der Waals surface area contributed by atoms with Gasteiger partial charge in [0.05, 0.1) is 6.20 Å². The van der Waals surface area contributed by atoms with Gasteiger partial charge in [-0.2, -0.15) is 0 Å². The highest BCUT2D eigenvalue weighted by molar-refractivity contribution is 5.94. The average molecular weight is 435 g/mol. The summed E-state index contributed by atoms with van der Waals surface area (Å²) >= 11 is 0. The van der Waals surface area contributed by atoms with Crippen LogP contribution in [-0.2, 0) is 11.2 Å². The van der Waals surface area contributed by atoms with Crippen LogP contribution in [0.5, 0.6) is 0 Å². The maximum absolute atomic E-state index is 13.8. The van der Waals surface area contributed by atoms with Crippen molar-refractivity contribution in [3.05, 3.63) is 77.6 Å². The van der Waals surface area contributed by atoms with Gasteiger partial charge in [-0.15, -0.1) is 0 Å². The number of hydrogen-bond acceptors (Lipinski definition) is 4. The maximum atomic E-state index is 13.8. The van der Waals surface area contributed by atoms with Crippen LogP contribution in [0.4, 0.5) is 4.39 Å². The molecule has 6 nitrogen and oxygen atoms in total. The Morgan fingerprint density at radius 1 is 1.03 bits per heavy atom. The van der Waals surface area contributed by atoms with Crippen LogP contribution in [0.2, 0.25) is 0 Å². The fraction of sp³-hybridized carbons (Fsp3) is 0.320. The standard InChI is InChI=1S/C25H26FN3O3/c1-18-10-11-20(16-21(18)26)25(31)29-14-12-28(13-15-29)24(30)9-5-8-23-27-17-22(32-23)19-6-3-2-4-7-19/h2-4,6-7,10-11,16-17H,5,8-9,12-15H2,1H3. The minimum Gasteiger partial charge on any atom is -0.441 e. The van der Waals surface area contributed by atoms with Gasteiger partial charge in [-0.05, 0) is 31.0 Å². The second-order valence-corrected chi connectivity index (χ2v) is 7.97. The second-order valence-electron chi connectivity index (χ2n) is 7.97. The van der Waals surface area contributed by atoms with Gasteiger partial charge >= 0.3 is 0 Å². The van der Waals surface area contributed by atoms with Crippen molar-refractivity contribution in [1.29, 1.82) is 0 Å². The van der Waals surface area contributed by atoms with E-state index in [0.717, 1.165) is 11.3 Å². The molecule has 2 aromatic carbocycles. The number of benzene rings is 2. The first-order valence-electron chi connectivity index (χ1n) is 10.8. The van der Waals surface area contributed by atoms with Crippen LogP contribution < -0.4 is 0 Å². The molecule has 2 amide bonds. The number of carbonyl (C=O) groups excluding carboxylic acids is 2. The number of amides is 2. The molecule has 1 aliphatic heterocycles. The van der Waals surface area contributed by atoms with Crippen molar-refractivity contribution in [2.45, 2.75) is 26.2 Å². The van der Waals surface area contributed by atoms with Crippen LogP contribution in [0.15, 0.2) is 59.1 Å². The summed E-state index contributed by atoms with van der Waals surface area (Å²) < 4.78 is 19.6. The van der Waals surface area contributed by atoms with E-state index >= 15 is 0 Å². The van der Waals surface area contributed by atoms with Crippen molar-refractivity contribution in [2.24, 2.45) is 0 Å². The van der Waals surface area contributed by atoms with Crippen LogP contribution in [0, 0.1) is 12.7 Å². The Hall–Kier alpha value is -3.48. The molecule has 1 aromatic heterocycles. The molecular formula is C25H26FN3O3. The Morgan fingerprint density at radius 3 is 2.47 bits per heavy atom. The zero-order valence-electron chi connectivity index (χ0n) is 18.1. The Bertz CT molecular complexity index is 1090. The molecule has 0 spiro atoms. The van der Waals surface area contributed by atoms with E-state index in [-0.39, 0.29) is 17.6 Å². The zero-order valence-corrected chi connectivity index (χ0v) is 18.1. The summed E-state index contributed by atoms with van der Waals surface area (Å²) in [5.41, 5.74) is 1.83. The molecule has 7 heteroatoms. The van der Waals surface area contributed by atoms with E-state index in [1.807, 2.05) is 30.3 Å². The first-order chi connectivity index (χ1) is 15.5. The summed E-state index contributed by atoms with van der Waals surface area (Å²) in [5.74, 6) is 0.826. The van der Waals surface area contributed by atoms with E-state index in [1.165, 1.54) is 6.07 Å². The highest BCUT2D eigenvalue weighted by Gasteiger charge is 2.25. The Kier molecular flexibility index (Phi) is 6.63. The minimum atomic E-state index is -0.383. The first kappa shape index (κ1) is 21.7. The largest absolute Gasteiger partial charge is 0.441 e. The SMILES string of the molecule is Cc1ccc(C(=O)N2CCN(C(=O)CCCc3ncc(-c4ccccc4)o3)CC2)cc1F. The van der Waals surface area contributed by atoms with Gasteiger partial charge in [-0.25, -0.2) is 9.37 Å². The van der Waals surface area contributed by atoms with Crippen LogP contribution in [-0.4, -0.2) is 52.8 Å². The monoisotopic (exact) mass is 435 g/mol. The van der Waals surface area contributed by atoms with Crippen LogP contribution in [0.1, 0.15) is 34.7 Å². The molecule has 3 aromatic rings. The zero-order chi connectivity index (χ0) is 22.5. The van der Waals surface area contributed by atoms with Crippen molar-refractivity contribution in [2.75, 3.05) is 26.2 Å². The molecule has 0 atom stereocenters. The lowest BCUT2D eigenvalue weighted by atomic mass is 10.1. The highest BCUT2D eigenvalue weighted by atomic mass is 19.1. The van der Waals surface area contributed by atoms with Crippen LogP contribution in [0.25, 0.3) is 11.3 Å². The van der Waals surface area contributed by atoms with Gasteiger partial charge in [0, 0.05) is 50.1 Å². The average Bonchev–Trinajstić information content (AvgIpc) is 3.30. The van der Waals surface area contributed by atoms with Gasteiger partial charge in [-0.3, -0.25) is 9.59 Å². The third-order valence-electron chi connectivity index (χ3n) is 5.73. The topological polar surface area (TPSA) is 66.7 Å². The molecule has 0 radical (unpaired) electrons.